The molecular formula is C19H21O6-. The van der Waals surface area contributed by atoms with E-state index in [-0.39, 0.29) is 5.92 Å². The summed E-state index contributed by atoms with van der Waals surface area (Å²) in [6.07, 6.45) is 3.91. The minimum atomic E-state index is -1.31. The zero-order chi connectivity index (χ0) is 18.0. The molecular weight excluding hydrogens is 324 g/mol. The number of ether oxygens (including phenoxy) is 1. The molecule has 0 radical (unpaired) electrons. The maximum absolute atomic E-state index is 12.7. The van der Waals surface area contributed by atoms with E-state index in [9.17, 15) is 24.9 Å². The molecule has 0 aromatic rings. The average molecular weight is 345 g/mol. The Morgan fingerprint density at radius 3 is 2.88 bits per heavy atom. The SMILES string of the molecule is C=C1C[C@@]23C[C@]1(O)CC[C@@H]2[C@@]12C=C[C@H](O)[C@@](C)(C(=O)O1)[C@H]2[C@@H]3C(=O)[O-]. The Labute approximate surface area is 145 Å². The molecule has 1 aliphatic heterocycles. The molecule has 0 aromatic heterocycles. The summed E-state index contributed by atoms with van der Waals surface area (Å²) in [5.41, 5.74) is -3.49. The van der Waals surface area contributed by atoms with E-state index in [4.69, 9.17) is 4.74 Å². The number of hydrogen-bond acceptors (Lipinski definition) is 6. The highest BCUT2D eigenvalue weighted by molar-refractivity contribution is 5.86. The molecule has 1 saturated heterocycles. The number of carbonyl (C=O) groups is 2. The van der Waals surface area contributed by atoms with Crippen molar-refractivity contribution < 1.29 is 29.6 Å². The van der Waals surface area contributed by atoms with Crippen molar-refractivity contribution in [3.63, 3.8) is 0 Å². The molecule has 6 nitrogen and oxygen atoms in total. The van der Waals surface area contributed by atoms with Gasteiger partial charge in [0, 0.05) is 23.7 Å². The molecule has 3 saturated carbocycles. The third kappa shape index (κ3) is 1.36. The molecule has 8 atom stereocenters. The quantitative estimate of drug-likeness (QED) is 0.499. The number of esters is 1. The molecule has 6 heteroatoms. The Kier molecular flexibility index (Phi) is 2.50. The van der Waals surface area contributed by atoms with Crippen molar-refractivity contribution in [1.29, 1.82) is 0 Å². The van der Waals surface area contributed by atoms with Crippen molar-refractivity contribution in [2.24, 2.45) is 28.6 Å². The molecule has 4 bridgehead atoms. The fraction of sp³-hybridized carbons (Fsp3) is 0.684. The van der Waals surface area contributed by atoms with Gasteiger partial charge in [0.25, 0.3) is 0 Å². The highest BCUT2D eigenvalue weighted by Gasteiger charge is 2.82. The topological polar surface area (TPSA) is 107 Å². The number of aliphatic carboxylic acids is 1. The number of rotatable bonds is 1. The lowest BCUT2D eigenvalue weighted by atomic mass is 9.61. The van der Waals surface area contributed by atoms with Gasteiger partial charge in [-0.3, -0.25) is 4.79 Å². The van der Waals surface area contributed by atoms with Crippen LogP contribution in [0.4, 0.5) is 0 Å². The van der Waals surface area contributed by atoms with Crippen LogP contribution in [0, 0.1) is 28.6 Å². The first-order valence-corrected chi connectivity index (χ1v) is 8.84. The average Bonchev–Trinajstić information content (AvgIpc) is 2.95. The van der Waals surface area contributed by atoms with Crippen molar-refractivity contribution >= 4 is 11.9 Å². The number of carbonyl (C=O) groups excluding carboxylic acids is 2. The first-order valence-electron chi connectivity index (χ1n) is 8.84. The van der Waals surface area contributed by atoms with Gasteiger partial charge < -0.3 is 24.9 Å². The summed E-state index contributed by atoms with van der Waals surface area (Å²) in [5, 5.41) is 33.7. The summed E-state index contributed by atoms with van der Waals surface area (Å²) in [4.78, 5) is 24.9. The monoisotopic (exact) mass is 345 g/mol. The molecule has 1 spiro atoms. The van der Waals surface area contributed by atoms with E-state index in [1.54, 1.807) is 19.1 Å². The summed E-state index contributed by atoms with van der Waals surface area (Å²) >= 11 is 0. The largest absolute Gasteiger partial charge is 0.550 e. The Morgan fingerprint density at radius 1 is 1.48 bits per heavy atom. The third-order valence-corrected chi connectivity index (χ3v) is 8.11. The van der Waals surface area contributed by atoms with E-state index in [1.165, 1.54) is 0 Å². The van der Waals surface area contributed by atoms with Crippen LogP contribution in [0.15, 0.2) is 24.3 Å². The smallest absolute Gasteiger partial charge is 0.316 e. The van der Waals surface area contributed by atoms with Gasteiger partial charge in [-0.05, 0) is 49.7 Å². The number of hydrogen-bond donors (Lipinski definition) is 2. The highest BCUT2D eigenvalue weighted by atomic mass is 16.6. The predicted molar refractivity (Wildman–Crippen MR) is 82.5 cm³/mol. The van der Waals surface area contributed by atoms with Gasteiger partial charge in [-0.25, -0.2) is 0 Å². The molecule has 134 valence electrons. The summed E-state index contributed by atoms with van der Waals surface area (Å²) < 4.78 is 5.85. The highest BCUT2D eigenvalue weighted by Crippen LogP contribution is 2.77. The molecule has 0 amide bonds. The van der Waals surface area contributed by atoms with E-state index in [1.807, 2.05) is 0 Å². The van der Waals surface area contributed by atoms with Crippen LogP contribution in [0.5, 0.6) is 0 Å². The van der Waals surface area contributed by atoms with Crippen molar-refractivity contribution in [3.8, 4) is 0 Å². The van der Waals surface area contributed by atoms with Crippen LogP contribution in [0.1, 0.15) is 32.6 Å². The van der Waals surface area contributed by atoms with Crippen molar-refractivity contribution in [1.82, 2.24) is 0 Å². The minimum absolute atomic E-state index is 0.220. The second-order valence-electron chi connectivity index (χ2n) is 8.92. The van der Waals surface area contributed by atoms with Gasteiger partial charge in [-0.2, -0.15) is 0 Å². The molecule has 0 unspecified atom stereocenters. The minimum Gasteiger partial charge on any atom is -0.550 e. The van der Waals surface area contributed by atoms with Crippen LogP contribution in [0.2, 0.25) is 0 Å². The molecule has 0 aromatic carbocycles. The summed E-state index contributed by atoms with van der Waals surface area (Å²) in [5.74, 6) is -3.67. The Bertz CT molecular complexity index is 772. The Hall–Kier alpha value is -1.66. The fourth-order valence-electron chi connectivity index (χ4n) is 7.11. The van der Waals surface area contributed by atoms with Crippen LogP contribution in [-0.4, -0.2) is 39.5 Å². The van der Waals surface area contributed by atoms with E-state index in [0.717, 1.165) is 0 Å². The van der Waals surface area contributed by atoms with Gasteiger partial charge in [0.2, 0.25) is 0 Å². The van der Waals surface area contributed by atoms with E-state index in [0.29, 0.717) is 31.3 Å². The van der Waals surface area contributed by atoms with Crippen LogP contribution in [-0.2, 0) is 14.3 Å². The molecule has 4 fully saturated rings. The normalized spacial score (nSPS) is 58.0. The Balaban J connectivity index is 1.78. The maximum Gasteiger partial charge on any atom is 0.316 e. The molecule has 25 heavy (non-hydrogen) atoms. The molecule has 2 N–H and O–H groups in total. The number of carboxylic acids is 1. The molecule has 5 rings (SSSR count). The van der Waals surface area contributed by atoms with Crippen LogP contribution < -0.4 is 5.11 Å². The summed E-state index contributed by atoms with van der Waals surface area (Å²) in [6, 6.07) is 0. The van der Waals surface area contributed by atoms with Gasteiger partial charge in [0.1, 0.15) is 11.0 Å². The molecule has 5 aliphatic rings. The van der Waals surface area contributed by atoms with E-state index >= 15 is 0 Å². The Morgan fingerprint density at radius 2 is 2.20 bits per heavy atom. The molecule has 1 heterocycles. The second kappa shape index (κ2) is 4.01. The maximum atomic E-state index is 12.7. The summed E-state index contributed by atoms with van der Waals surface area (Å²) in [6.45, 7) is 5.60. The van der Waals surface area contributed by atoms with Gasteiger partial charge in [-0.15, -0.1) is 0 Å². The van der Waals surface area contributed by atoms with Gasteiger partial charge in [-0.1, -0.05) is 12.7 Å². The van der Waals surface area contributed by atoms with Gasteiger partial charge >= 0.3 is 5.97 Å². The predicted octanol–water partition coefficient (Wildman–Crippen LogP) is -0.308. The van der Waals surface area contributed by atoms with Crippen molar-refractivity contribution in [2.45, 2.75) is 49.9 Å². The second-order valence-corrected chi connectivity index (χ2v) is 8.92. The lowest BCUT2D eigenvalue weighted by Gasteiger charge is -2.45. The van der Waals surface area contributed by atoms with Gasteiger partial charge in [0.15, 0.2) is 0 Å². The van der Waals surface area contributed by atoms with Crippen LogP contribution >= 0.6 is 0 Å². The number of aliphatic hydroxyl groups excluding tert-OH is 1. The lowest BCUT2D eigenvalue weighted by molar-refractivity contribution is -0.318. The van der Waals surface area contributed by atoms with Crippen LogP contribution in [0.25, 0.3) is 0 Å². The number of aliphatic hydroxyl groups is 2. The third-order valence-electron chi connectivity index (χ3n) is 8.11. The van der Waals surface area contributed by atoms with Crippen molar-refractivity contribution in [3.05, 3.63) is 24.3 Å². The lowest BCUT2D eigenvalue weighted by Crippen LogP contribution is -2.53. The fourth-order valence-corrected chi connectivity index (χ4v) is 7.11. The first-order chi connectivity index (χ1) is 11.6. The van der Waals surface area contributed by atoms with Gasteiger partial charge in [0.05, 0.1) is 11.7 Å². The first kappa shape index (κ1) is 15.6. The van der Waals surface area contributed by atoms with Crippen LogP contribution in [0.3, 0.4) is 0 Å². The van der Waals surface area contributed by atoms with Crippen molar-refractivity contribution in [2.75, 3.05) is 0 Å². The molecule has 4 aliphatic carbocycles. The zero-order valence-corrected chi connectivity index (χ0v) is 14.0. The number of fused-ring (bicyclic) bond motifs is 1. The zero-order valence-electron chi connectivity index (χ0n) is 14.0. The number of carboxylic acid groups (broad SMARTS) is 1. The standard InChI is InChI=1S/C19H22O6/c1-9-7-17-8-18(9,24)5-3-10(17)19-6-4-11(20)16(2,15(23)25-19)13(19)12(17)14(21)22/h4,6,10-13,20,24H,1,3,5,7-8H2,2H3,(H,21,22)/p-1/t10-,11-,12+,13+,16+,17+,18+,19+/m0/s1. The van der Waals surface area contributed by atoms with E-state index < -0.39 is 51.9 Å². The summed E-state index contributed by atoms with van der Waals surface area (Å²) in [7, 11) is 0. The van der Waals surface area contributed by atoms with E-state index in [2.05, 4.69) is 6.58 Å².